The number of carbonyl (C=O) groups is 3. The highest BCUT2D eigenvalue weighted by Crippen LogP contribution is 2.42. The van der Waals surface area contributed by atoms with Gasteiger partial charge in [-0.1, -0.05) is 23.5 Å². The lowest BCUT2D eigenvalue weighted by Gasteiger charge is -2.20. The molecule has 1 aromatic carbocycles. The molecule has 2 fully saturated rings. The number of aromatic nitrogens is 1. The highest BCUT2D eigenvalue weighted by atomic mass is 32.1. The summed E-state index contributed by atoms with van der Waals surface area (Å²) in [4.78, 5) is 42.1. The number of rotatable bonds is 4. The average Bonchev–Trinajstić information content (AvgIpc) is 3.28. The van der Waals surface area contributed by atoms with Crippen LogP contribution in [0.4, 0.5) is 9.93 Å². The van der Waals surface area contributed by atoms with Crippen LogP contribution in [0.5, 0.6) is 0 Å². The molecule has 1 aliphatic heterocycles. The number of para-hydroxylation sites is 1. The number of carbonyl (C=O) groups excluding carboxylic acids is 3. The molecule has 2 aliphatic rings. The Labute approximate surface area is 142 Å². The van der Waals surface area contributed by atoms with Crippen LogP contribution in [0.3, 0.4) is 0 Å². The SMILES string of the molecule is C[C@@]1(C2CC2)NC(=O)N(CC(=O)Nc2nc3ccccc3s2)C1=O. The van der Waals surface area contributed by atoms with Crippen molar-refractivity contribution in [3.63, 3.8) is 0 Å². The first-order chi connectivity index (χ1) is 11.5. The van der Waals surface area contributed by atoms with Gasteiger partial charge in [0.1, 0.15) is 12.1 Å². The molecular formula is C16H16N4O3S. The first-order valence-electron chi connectivity index (χ1n) is 7.77. The summed E-state index contributed by atoms with van der Waals surface area (Å²) in [6.07, 6.45) is 1.85. The van der Waals surface area contributed by atoms with Gasteiger partial charge in [-0.25, -0.2) is 9.78 Å². The lowest BCUT2D eigenvalue weighted by molar-refractivity contribution is -0.134. The zero-order valence-corrected chi connectivity index (χ0v) is 13.9. The van der Waals surface area contributed by atoms with E-state index in [0.29, 0.717) is 5.13 Å². The molecule has 1 aromatic heterocycles. The van der Waals surface area contributed by atoms with Gasteiger partial charge in [-0.2, -0.15) is 0 Å². The Morgan fingerprint density at radius 3 is 2.88 bits per heavy atom. The molecule has 0 spiro atoms. The molecule has 2 N–H and O–H groups in total. The van der Waals surface area contributed by atoms with Gasteiger partial charge >= 0.3 is 6.03 Å². The maximum atomic E-state index is 12.5. The van der Waals surface area contributed by atoms with Crippen LogP contribution < -0.4 is 10.6 Å². The van der Waals surface area contributed by atoms with E-state index in [1.807, 2.05) is 24.3 Å². The van der Waals surface area contributed by atoms with Crippen molar-refractivity contribution in [3.8, 4) is 0 Å². The number of fused-ring (bicyclic) bond motifs is 1. The molecule has 124 valence electrons. The predicted octanol–water partition coefficient (Wildman–Crippen LogP) is 1.96. The normalized spacial score (nSPS) is 23.6. The molecule has 7 nitrogen and oxygen atoms in total. The number of thiazole rings is 1. The van der Waals surface area contributed by atoms with E-state index in [1.54, 1.807) is 6.92 Å². The molecule has 0 bridgehead atoms. The summed E-state index contributed by atoms with van der Waals surface area (Å²) in [7, 11) is 0. The second-order valence-corrected chi connectivity index (χ2v) is 7.36. The van der Waals surface area contributed by atoms with Crippen LogP contribution in [0.1, 0.15) is 19.8 Å². The van der Waals surface area contributed by atoms with E-state index in [9.17, 15) is 14.4 Å². The monoisotopic (exact) mass is 344 g/mol. The zero-order valence-electron chi connectivity index (χ0n) is 13.0. The van der Waals surface area contributed by atoms with Gasteiger partial charge in [-0.15, -0.1) is 0 Å². The third-order valence-electron chi connectivity index (χ3n) is 4.54. The molecule has 0 unspecified atom stereocenters. The molecular weight excluding hydrogens is 328 g/mol. The number of amides is 4. The number of imide groups is 1. The third kappa shape index (κ3) is 2.43. The molecule has 2 heterocycles. The highest BCUT2D eigenvalue weighted by molar-refractivity contribution is 7.22. The second-order valence-electron chi connectivity index (χ2n) is 6.33. The molecule has 4 rings (SSSR count). The molecule has 1 saturated heterocycles. The zero-order chi connectivity index (χ0) is 16.9. The van der Waals surface area contributed by atoms with Crippen molar-refractivity contribution < 1.29 is 14.4 Å². The van der Waals surface area contributed by atoms with Crippen LogP contribution in [-0.4, -0.2) is 39.8 Å². The van der Waals surface area contributed by atoms with E-state index in [-0.39, 0.29) is 18.4 Å². The fraction of sp³-hybridized carbons (Fsp3) is 0.375. The van der Waals surface area contributed by atoms with Crippen LogP contribution in [0.2, 0.25) is 0 Å². The summed E-state index contributed by atoms with van der Waals surface area (Å²) < 4.78 is 0.962. The quantitative estimate of drug-likeness (QED) is 0.830. The van der Waals surface area contributed by atoms with Crippen LogP contribution in [-0.2, 0) is 9.59 Å². The highest BCUT2D eigenvalue weighted by Gasteiger charge is 2.56. The minimum absolute atomic E-state index is 0.172. The average molecular weight is 344 g/mol. The van der Waals surface area contributed by atoms with Crippen molar-refractivity contribution in [2.45, 2.75) is 25.3 Å². The fourth-order valence-electron chi connectivity index (χ4n) is 3.02. The van der Waals surface area contributed by atoms with E-state index >= 15 is 0 Å². The van der Waals surface area contributed by atoms with Crippen LogP contribution in [0.15, 0.2) is 24.3 Å². The lowest BCUT2D eigenvalue weighted by Crippen LogP contribution is -2.46. The predicted molar refractivity (Wildman–Crippen MR) is 89.6 cm³/mol. The second kappa shape index (κ2) is 5.27. The molecule has 2 aromatic rings. The Morgan fingerprint density at radius 2 is 2.17 bits per heavy atom. The smallest absolute Gasteiger partial charge is 0.323 e. The molecule has 1 saturated carbocycles. The lowest BCUT2D eigenvalue weighted by atomic mass is 9.96. The number of benzene rings is 1. The van der Waals surface area contributed by atoms with E-state index in [1.165, 1.54) is 11.3 Å². The van der Waals surface area contributed by atoms with Gasteiger partial charge in [0, 0.05) is 0 Å². The third-order valence-corrected chi connectivity index (χ3v) is 5.49. The summed E-state index contributed by atoms with van der Waals surface area (Å²) in [5.41, 5.74) is -0.0677. The van der Waals surface area contributed by atoms with Crippen LogP contribution in [0, 0.1) is 5.92 Å². The number of hydrogen-bond donors (Lipinski definition) is 2. The van der Waals surface area contributed by atoms with Crippen molar-refractivity contribution in [3.05, 3.63) is 24.3 Å². The van der Waals surface area contributed by atoms with E-state index < -0.39 is 17.5 Å². The first-order valence-corrected chi connectivity index (χ1v) is 8.58. The van der Waals surface area contributed by atoms with Gasteiger partial charge in [-0.3, -0.25) is 14.5 Å². The van der Waals surface area contributed by atoms with E-state index in [0.717, 1.165) is 28.0 Å². The standard InChI is InChI=1S/C16H16N4O3S/c1-16(9-6-7-9)13(22)20(15(23)19-16)8-12(21)18-14-17-10-4-2-3-5-11(10)24-14/h2-5,9H,6-8H2,1H3,(H,19,23)(H,17,18,21)/t16-/m0/s1. The van der Waals surface area contributed by atoms with Gasteiger partial charge < -0.3 is 10.6 Å². The van der Waals surface area contributed by atoms with Gasteiger partial charge in [0.05, 0.1) is 10.2 Å². The van der Waals surface area contributed by atoms with Crippen molar-refractivity contribution in [1.29, 1.82) is 0 Å². The van der Waals surface area contributed by atoms with Gasteiger partial charge in [-0.05, 0) is 37.8 Å². The summed E-state index contributed by atoms with van der Waals surface area (Å²) in [5.74, 6) is -0.585. The molecule has 4 amide bonds. The number of hydrogen-bond acceptors (Lipinski definition) is 5. The molecule has 0 radical (unpaired) electrons. The van der Waals surface area contributed by atoms with Crippen molar-refractivity contribution in [2.75, 3.05) is 11.9 Å². The van der Waals surface area contributed by atoms with Crippen molar-refractivity contribution in [2.24, 2.45) is 5.92 Å². The summed E-state index contributed by atoms with van der Waals surface area (Å²) in [6.45, 7) is 1.43. The maximum Gasteiger partial charge on any atom is 0.325 e. The number of anilines is 1. The van der Waals surface area contributed by atoms with Gasteiger partial charge in [0.15, 0.2) is 5.13 Å². The molecule has 1 aliphatic carbocycles. The minimum atomic E-state index is -0.868. The maximum absolute atomic E-state index is 12.5. The topological polar surface area (TPSA) is 91.4 Å². The van der Waals surface area contributed by atoms with Gasteiger partial charge in [0.25, 0.3) is 5.91 Å². The summed E-state index contributed by atoms with van der Waals surface area (Å²) in [5, 5.41) is 5.85. The van der Waals surface area contributed by atoms with E-state index in [2.05, 4.69) is 15.6 Å². The Morgan fingerprint density at radius 1 is 1.42 bits per heavy atom. The number of urea groups is 1. The molecule has 24 heavy (non-hydrogen) atoms. The minimum Gasteiger partial charge on any atom is -0.323 e. The Kier molecular flexibility index (Phi) is 3.31. The molecule has 8 heteroatoms. The van der Waals surface area contributed by atoms with Crippen molar-refractivity contribution in [1.82, 2.24) is 15.2 Å². The number of nitrogens with one attached hydrogen (secondary N) is 2. The Bertz CT molecular complexity index is 827. The summed E-state index contributed by atoms with van der Waals surface area (Å²) >= 11 is 1.35. The molecule has 1 atom stereocenters. The van der Waals surface area contributed by atoms with Crippen LogP contribution in [0.25, 0.3) is 10.2 Å². The largest absolute Gasteiger partial charge is 0.325 e. The fourth-order valence-corrected chi connectivity index (χ4v) is 3.91. The van der Waals surface area contributed by atoms with Crippen molar-refractivity contribution >= 4 is 44.5 Å². The Hall–Kier alpha value is -2.48. The number of nitrogens with zero attached hydrogens (tertiary/aromatic N) is 2. The Balaban J connectivity index is 1.46. The van der Waals surface area contributed by atoms with Crippen LogP contribution >= 0.6 is 11.3 Å². The van der Waals surface area contributed by atoms with Gasteiger partial charge in [0.2, 0.25) is 5.91 Å². The first kappa shape index (κ1) is 15.1. The van der Waals surface area contributed by atoms with E-state index in [4.69, 9.17) is 0 Å². The summed E-state index contributed by atoms with van der Waals surface area (Å²) in [6, 6.07) is 7.05.